The van der Waals surface area contributed by atoms with Crippen molar-refractivity contribution < 1.29 is 26.3 Å². The smallest absolute Gasteiger partial charge is 0.171 e. The molecule has 1 saturated carbocycles. The van der Waals surface area contributed by atoms with Crippen molar-refractivity contribution in [3.05, 3.63) is 0 Å². The zero-order valence-electron chi connectivity index (χ0n) is 12.4. The Hall–Kier alpha value is -0.420. The van der Waals surface area contributed by atoms with Gasteiger partial charge in [-0.05, 0) is 49.9 Å². The summed E-state index contributed by atoms with van der Waals surface area (Å²) in [5.41, 5.74) is 0. The van der Waals surface area contributed by atoms with E-state index < -0.39 is 25.2 Å². The van der Waals surface area contributed by atoms with E-state index >= 15 is 0 Å². The number of halogens is 6. The molecule has 2 atom stereocenters. The van der Waals surface area contributed by atoms with Crippen LogP contribution in [0.15, 0.2) is 0 Å². The van der Waals surface area contributed by atoms with Crippen molar-refractivity contribution in [2.75, 3.05) is 0 Å². The average molecular weight is 318 g/mol. The number of alkyl halides is 6. The highest BCUT2D eigenvalue weighted by Gasteiger charge is 2.35. The molecule has 6 heteroatoms. The van der Waals surface area contributed by atoms with Gasteiger partial charge in [0.25, 0.3) is 0 Å². The lowest BCUT2D eigenvalue weighted by Crippen LogP contribution is -2.25. The van der Waals surface area contributed by atoms with E-state index in [1.165, 1.54) is 0 Å². The summed E-state index contributed by atoms with van der Waals surface area (Å²) >= 11 is 0. The van der Waals surface area contributed by atoms with Crippen LogP contribution in [0.1, 0.15) is 64.7 Å². The topological polar surface area (TPSA) is 0 Å². The Morgan fingerprint density at radius 3 is 1.29 bits per heavy atom. The lowest BCUT2D eigenvalue weighted by molar-refractivity contribution is -0.140. The molecular weight excluding hydrogens is 294 g/mol. The summed E-state index contributed by atoms with van der Waals surface area (Å²) in [5, 5.41) is 0. The zero-order chi connectivity index (χ0) is 16.1. The molecule has 0 aliphatic heterocycles. The lowest BCUT2D eigenvalue weighted by Gasteiger charge is -2.35. The minimum atomic E-state index is -4.17. The molecule has 0 nitrogen and oxygen atoms in total. The Labute approximate surface area is 122 Å². The van der Waals surface area contributed by atoms with Crippen molar-refractivity contribution in [1.82, 2.24) is 0 Å². The Bertz CT molecular complexity index is 268. The molecule has 126 valence electrons. The lowest BCUT2D eigenvalue weighted by atomic mass is 9.71. The highest BCUT2D eigenvalue weighted by Crippen LogP contribution is 2.42. The second-order valence-electron chi connectivity index (χ2n) is 6.40. The third-order valence-corrected chi connectivity index (χ3v) is 4.37. The summed E-state index contributed by atoms with van der Waals surface area (Å²) in [5.74, 6) is 0.144. The second-order valence-corrected chi connectivity index (χ2v) is 6.40. The van der Waals surface area contributed by atoms with Gasteiger partial charge in [0.2, 0.25) is 0 Å². The van der Waals surface area contributed by atoms with Gasteiger partial charge in [0.1, 0.15) is 0 Å². The third-order valence-electron chi connectivity index (χ3n) is 4.37. The summed E-state index contributed by atoms with van der Waals surface area (Å²) in [6.07, 6.45) is -6.00. The maximum atomic E-state index is 12.3. The predicted octanol–water partition coefficient (Wildman–Crippen LogP) is 6.50. The zero-order valence-corrected chi connectivity index (χ0v) is 12.4. The molecule has 2 unspecified atom stereocenters. The molecule has 0 heterocycles. The van der Waals surface area contributed by atoms with E-state index in [0.29, 0.717) is 12.3 Å². The molecule has 1 rings (SSSR count). The average Bonchev–Trinajstić information content (AvgIpc) is 2.33. The van der Waals surface area contributed by atoms with Crippen LogP contribution in [-0.4, -0.2) is 12.4 Å². The van der Waals surface area contributed by atoms with Gasteiger partial charge < -0.3 is 0 Å². The van der Waals surface area contributed by atoms with Gasteiger partial charge in [-0.15, -0.1) is 0 Å². The molecule has 1 fully saturated rings. The van der Waals surface area contributed by atoms with E-state index in [1.807, 2.05) is 6.92 Å². The van der Waals surface area contributed by atoms with Crippen LogP contribution in [0.5, 0.6) is 0 Å². The van der Waals surface area contributed by atoms with Crippen LogP contribution in [-0.2, 0) is 0 Å². The summed E-state index contributed by atoms with van der Waals surface area (Å²) in [6.45, 7) is 2.00. The minimum absolute atomic E-state index is 0.0617. The molecule has 0 bridgehead atoms. The van der Waals surface area contributed by atoms with Crippen LogP contribution < -0.4 is 0 Å². The van der Waals surface area contributed by atoms with E-state index in [1.54, 1.807) is 0 Å². The quantitative estimate of drug-likeness (QED) is 0.490. The van der Waals surface area contributed by atoms with Gasteiger partial charge >= 0.3 is 12.4 Å². The van der Waals surface area contributed by atoms with E-state index in [4.69, 9.17) is 0 Å². The van der Waals surface area contributed by atoms with Crippen molar-refractivity contribution >= 4 is 0 Å². The summed E-state index contributed by atoms with van der Waals surface area (Å²) in [7, 11) is 0. The fraction of sp³-hybridized carbons (Fsp3) is 1.00. The van der Waals surface area contributed by atoms with Gasteiger partial charge in [0.05, 0.1) is 0 Å². The molecule has 0 N–H and O–H groups in total. The first kappa shape index (κ1) is 18.6. The SMILES string of the molecule is CCCC1CC(CCC(F)(F)F)CC(CCC(F)(F)F)C1. The largest absolute Gasteiger partial charge is 0.389 e. The second kappa shape index (κ2) is 7.73. The van der Waals surface area contributed by atoms with Crippen LogP contribution in [0.25, 0.3) is 0 Å². The van der Waals surface area contributed by atoms with Gasteiger partial charge in [-0.1, -0.05) is 19.8 Å². The number of hydrogen-bond donors (Lipinski definition) is 0. The van der Waals surface area contributed by atoms with Crippen LogP contribution in [0, 0.1) is 17.8 Å². The van der Waals surface area contributed by atoms with Crippen LogP contribution in [0.3, 0.4) is 0 Å². The number of rotatable bonds is 6. The van der Waals surface area contributed by atoms with Crippen molar-refractivity contribution in [3.63, 3.8) is 0 Å². The van der Waals surface area contributed by atoms with Gasteiger partial charge in [0.15, 0.2) is 0 Å². The Kier molecular flexibility index (Phi) is 6.85. The van der Waals surface area contributed by atoms with Gasteiger partial charge in [0, 0.05) is 12.8 Å². The predicted molar refractivity (Wildman–Crippen MR) is 69.8 cm³/mol. The van der Waals surface area contributed by atoms with Crippen molar-refractivity contribution in [1.29, 1.82) is 0 Å². The van der Waals surface area contributed by atoms with E-state index in [2.05, 4.69) is 0 Å². The van der Waals surface area contributed by atoms with Crippen molar-refractivity contribution in [2.45, 2.75) is 77.1 Å². The van der Waals surface area contributed by atoms with Crippen LogP contribution >= 0.6 is 0 Å². The molecule has 0 spiro atoms. The van der Waals surface area contributed by atoms with E-state index in [-0.39, 0.29) is 24.7 Å². The fourth-order valence-electron chi connectivity index (χ4n) is 3.55. The fourth-order valence-corrected chi connectivity index (χ4v) is 3.55. The van der Waals surface area contributed by atoms with E-state index in [9.17, 15) is 26.3 Å². The van der Waals surface area contributed by atoms with Crippen LogP contribution in [0.4, 0.5) is 26.3 Å². The Morgan fingerprint density at radius 1 is 0.667 bits per heavy atom. The van der Waals surface area contributed by atoms with Crippen molar-refractivity contribution in [3.8, 4) is 0 Å². The molecule has 21 heavy (non-hydrogen) atoms. The maximum absolute atomic E-state index is 12.3. The first-order valence-corrected chi connectivity index (χ1v) is 7.72. The first-order chi connectivity index (χ1) is 9.59. The first-order valence-electron chi connectivity index (χ1n) is 7.72. The molecule has 1 aliphatic carbocycles. The molecule has 0 amide bonds. The Balaban J connectivity index is 2.51. The molecule has 0 aromatic carbocycles. The molecular formula is C15H24F6. The van der Waals surface area contributed by atoms with Gasteiger partial charge in [-0.25, -0.2) is 0 Å². The van der Waals surface area contributed by atoms with E-state index in [0.717, 1.165) is 25.7 Å². The highest BCUT2D eigenvalue weighted by atomic mass is 19.4. The standard InChI is InChI=1S/C15H24F6/c1-2-3-11-8-12(4-6-14(16,17)18)10-13(9-11)5-7-15(19,20)21/h11-13H,2-10H2,1H3. The monoisotopic (exact) mass is 318 g/mol. The summed E-state index contributed by atoms with van der Waals surface area (Å²) < 4.78 is 73.9. The molecule has 0 radical (unpaired) electrons. The molecule has 0 aromatic heterocycles. The summed E-state index contributed by atoms with van der Waals surface area (Å²) in [6, 6.07) is 0. The normalized spacial score (nSPS) is 27.9. The third kappa shape index (κ3) is 8.57. The molecule has 0 aromatic rings. The maximum Gasteiger partial charge on any atom is 0.389 e. The minimum Gasteiger partial charge on any atom is -0.171 e. The van der Waals surface area contributed by atoms with Gasteiger partial charge in [-0.2, -0.15) is 26.3 Å². The number of hydrogen-bond acceptors (Lipinski definition) is 0. The van der Waals surface area contributed by atoms with Gasteiger partial charge in [-0.3, -0.25) is 0 Å². The van der Waals surface area contributed by atoms with Crippen molar-refractivity contribution in [2.24, 2.45) is 17.8 Å². The molecule has 1 aliphatic rings. The molecule has 0 saturated heterocycles. The highest BCUT2D eigenvalue weighted by molar-refractivity contribution is 4.80. The van der Waals surface area contributed by atoms with Crippen LogP contribution in [0.2, 0.25) is 0 Å². The Morgan fingerprint density at radius 2 is 1.00 bits per heavy atom. The summed E-state index contributed by atoms with van der Waals surface area (Å²) in [4.78, 5) is 0.